The molecule has 1 aromatic rings. The molecule has 0 amide bonds. The molecule has 1 atom stereocenters. The zero-order valence-electron chi connectivity index (χ0n) is 12.6. The number of rotatable bonds is 9. The monoisotopic (exact) mass is 299 g/mol. The molecule has 0 bridgehead atoms. The van der Waals surface area contributed by atoms with E-state index >= 15 is 0 Å². The maximum absolute atomic E-state index is 11.0. The first-order chi connectivity index (χ1) is 9.40. The van der Waals surface area contributed by atoms with Crippen LogP contribution in [0.3, 0.4) is 0 Å². The Morgan fingerprint density at radius 3 is 2.45 bits per heavy atom. The molecule has 0 aliphatic heterocycles. The molecule has 4 nitrogen and oxygen atoms in total. The zero-order valence-corrected chi connectivity index (χ0v) is 13.4. The van der Waals surface area contributed by atoms with Gasteiger partial charge in [-0.25, -0.2) is 8.42 Å². The van der Waals surface area contributed by atoms with E-state index in [0.717, 1.165) is 18.7 Å². The lowest BCUT2D eigenvalue weighted by molar-refractivity contribution is 0.317. The second-order valence-electron chi connectivity index (χ2n) is 5.14. The van der Waals surface area contributed by atoms with E-state index in [0.29, 0.717) is 19.1 Å². The summed E-state index contributed by atoms with van der Waals surface area (Å²) in [5, 5.41) is 3.38. The Balaban J connectivity index is 2.35. The van der Waals surface area contributed by atoms with Crippen molar-refractivity contribution in [2.75, 3.05) is 25.2 Å². The van der Waals surface area contributed by atoms with Gasteiger partial charge in [0.15, 0.2) is 0 Å². The molecular formula is C15H25NO3S. The van der Waals surface area contributed by atoms with E-state index in [9.17, 15) is 8.42 Å². The van der Waals surface area contributed by atoms with Gasteiger partial charge in [-0.15, -0.1) is 0 Å². The van der Waals surface area contributed by atoms with Crippen LogP contribution in [-0.4, -0.2) is 39.6 Å². The summed E-state index contributed by atoms with van der Waals surface area (Å²) in [6, 6.07) is 8.45. The van der Waals surface area contributed by atoms with Crippen molar-refractivity contribution in [3.63, 3.8) is 0 Å². The van der Waals surface area contributed by atoms with Crippen LogP contribution in [0.1, 0.15) is 25.8 Å². The van der Waals surface area contributed by atoms with Crippen LogP contribution >= 0.6 is 0 Å². The van der Waals surface area contributed by atoms with Crippen LogP contribution in [0.15, 0.2) is 24.3 Å². The summed E-state index contributed by atoms with van der Waals surface area (Å²) in [4.78, 5) is 0. The van der Waals surface area contributed by atoms with Crippen molar-refractivity contribution in [2.45, 2.75) is 32.7 Å². The molecule has 0 saturated heterocycles. The topological polar surface area (TPSA) is 55.4 Å². The molecule has 1 N–H and O–H groups in total. The van der Waals surface area contributed by atoms with Gasteiger partial charge in [0.25, 0.3) is 0 Å². The predicted molar refractivity (Wildman–Crippen MR) is 83.1 cm³/mol. The van der Waals surface area contributed by atoms with Gasteiger partial charge in [0.1, 0.15) is 15.6 Å². The maximum Gasteiger partial charge on any atom is 0.147 e. The molecule has 0 saturated carbocycles. The SMILES string of the molecule is CCNC(C)Cc1ccc(OCCCS(C)(=O)=O)cc1. The van der Waals surface area contributed by atoms with Crippen molar-refractivity contribution in [2.24, 2.45) is 0 Å². The van der Waals surface area contributed by atoms with Gasteiger partial charge in [-0.2, -0.15) is 0 Å². The fourth-order valence-corrected chi connectivity index (χ4v) is 2.65. The average molecular weight is 299 g/mol. The molecule has 0 heterocycles. The number of ether oxygens (including phenoxy) is 1. The summed E-state index contributed by atoms with van der Waals surface area (Å²) < 4.78 is 27.5. The zero-order chi connectivity index (χ0) is 15.0. The standard InChI is InChI=1S/C15H25NO3S/c1-4-16-13(2)12-14-6-8-15(9-7-14)19-10-5-11-20(3,17)18/h6-9,13,16H,4-5,10-12H2,1-3H3. The van der Waals surface area contributed by atoms with E-state index < -0.39 is 9.84 Å². The molecule has 1 rings (SSSR count). The van der Waals surface area contributed by atoms with Crippen LogP contribution in [0.25, 0.3) is 0 Å². The van der Waals surface area contributed by atoms with E-state index in [1.807, 2.05) is 12.1 Å². The van der Waals surface area contributed by atoms with Gasteiger partial charge in [0, 0.05) is 12.3 Å². The molecule has 0 radical (unpaired) electrons. The highest BCUT2D eigenvalue weighted by molar-refractivity contribution is 7.90. The molecule has 0 spiro atoms. The van der Waals surface area contributed by atoms with Crippen LogP contribution in [0.5, 0.6) is 5.75 Å². The molecule has 0 aliphatic rings. The summed E-state index contributed by atoms with van der Waals surface area (Å²) in [6.45, 7) is 5.67. The molecule has 5 heteroatoms. The van der Waals surface area contributed by atoms with Gasteiger partial charge in [-0.05, 0) is 44.0 Å². The van der Waals surface area contributed by atoms with Crippen molar-refractivity contribution in [3.05, 3.63) is 29.8 Å². The van der Waals surface area contributed by atoms with Gasteiger partial charge < -0.3 is 10.1 Å². The van der Waals surface area contributed by atoms with Crippen LogP contribution in [0.2, 0.25) is 0 Å². The minimum Gasteiger partial charge on any atom is -0.494 e. The highest BCUT2D eigenvalue weighted by Gasteiger charge is 2.03. The number of sulfone groups is 1. The van der Waals surface area contributed by atoms with E-state index in [-0.39, 0.29) is 5.75 Å². The first kappa shape index (κ1) is 17.0. The van der Waals surface area contributed by atoms with Crippen LogP contribution in [0.4, 0.5) is 0 Å². The second kappa shape index (κ2) is 8.27. The van der Waals surface area contributed by atoms with Crippen molar-refractivity contribution < 1.29 is 13.2 Å². The van der Waals surface area contributed by atoms with Crippen LogP contribution < -0.4 is 10.1 Å². The summed E-state index contributed by atoms with van der Waals surface area (Å²) in [5.74, 6) is 0.962. The molecule has 0 fully saturated rings. The van der Waals surface area contributed by atoms with Gasteiger partial charge in [-0.3, -0.25) is 0 Å². The van der Waals surface area contributed by atoms with E-state index in [1.54, 1.807) is 0 Å². The Morgan fingerprint density at radius 1 is 1.25 bits per heavy atom. The quantitative estimate of drug-likeness (QED) is 0.709. The normalized spacial score (nSPS) is 13.2. The fourth-order valence-electron chi connectivity index (χ4n) is 2.01. The minimum absolute atomic E-state index is 0.172. The predicted octanol–water partition coefficient (Wildman–Crippen LogP) is 2.04. The second-order valence-corrected chi connectivity index (χ2v) is 7.40. The van der Waals surface area contributed by atoms with Gasteiger partial charge in [-0.1, -0.05) is 19.1 Å². The van der Waals surface area contributed by atoms with Crippen LogP contribution in [0, 0.1) is 0 Å². The molecule has 0 aliphatic carbocycles. The van der Waals surface area contributed by atoms with Crippen molar-refractivity contribution in [1.82, 2.24) is 5.32 Å². The fraction of sp³-hybridized carbons (Fsp3) is 0.600. The van der Waals surface area contributed by atoms with E-state index in [2.05, 4.69) is 31.3 Å². The maximum atomic E-state index is 11.0. The Labute approximate surface area is 122 Å². The first-order valence-electron chi connectivity index (χ1n) is 7.03. The molecule has 20 heavy (non-hydrogen) atoms. The summed E-state index contributed by atoms with van der Waals surface area (Å²) in [6.07, 6.45) is 2.76. The van der Waals surface area contributed by atoms with Gasteiger partial charge >= 0.3 is 0 Å². The van der Waals surface area contributed by atoms with Crippen molar-refractivity contribution in [1.29, 1.82) is 0 Å². The summed E-state index contributed by atoms with van der Waals surface area (Å²) in [5.41, 5.74) is 1.27. The number of likely N-dealkylation sites (N-methyl/N-ethyl adjacent to an activating group) is 1. The lowest BCUT2D eigenvalue weighted by Crippen LogP contribution is -2.27. The van der Waals surface area contributed by atoms with Crippen LogP contribution in [-0.2, 0) is 16.3 Å². The number of nitrogens with one attached hydrogen (secondary N) is 1. The Bertz CT molecular complexity index is 482. The molecule has 0 aromatic heterocycles. The Kier molecular flexibility index (Phi) is 7.02. The van der Waals surface area contributed by atoms with Crippen molar-refractivity contribution in [3.8, 4) is 5.75 Å². The minimum atomic E-state index is -2.89. The lowest BCUT2D eigenvalue weighted by Gasteiger charge is -2.12. The Hall–Kier alpha value is -1.07. The highest BCUT2D eigenvalue weighted by Crippen LogP contribution is 2.13. The smallest absolute Gasteiger partial charge is 0.147 e. The molecular weight excluding hydrogens is 274 g/mol. The van der Waals surface area contributed by atoms with E-state index in [1.165, 1.54) is 11.8 Å². The largest absolute Gasteiger partial charge is 0.494 e. The van der Waals surface area contributed by atoms with Gasteiger partial charge in [0.2, 0.25) is 0 Å². The number of hydrogen-bond donors (Lipinski definition) is 1. The highest BCUT2D eigenvalue weighted by atomic mass is 32.2. The third-order valence-electron chi connectivity index (χ3n) is 2.95. The number of benzene rings is 1. The first-order valence-corrected chi connectivity index (χ1v) is 9.09. The number of hydrogen-bond acceptors (Lipinski definition) is 4. The summed E-state index contributed by atoms with van der Waals surface area (Å²) in [7, 11) is -2.89. The molecule has 1 aromatic carbocycles. The van der Waals surface area contributed by atoms with Gasteiger partial charge in [0.05, 0.1) is 12.4 Å². The van der Waals surface area contributed by atoms with E-state index in [4.69, 9.17) is 4.74 Å². The summed E-state index contributed by atoms with van der Waals surface area (Å²) >= 11 is 0. The molecule has 1 unspecified atom stereocenters. The lowest BCUT2D eigenvalue weighted by atomic mass is 10.1. The van der Waals surface area contributed by atoms with Crippen molar-refractivity contribution >= 4 is 9.84 Å². The third-order valence-corrected chi connectivity index (χ3v) is 3.98. The Morgan fingerprint density at radius 2 is 1.90 bits per heavy atom. The molecule has 114 valence electrons. The average Bonchev–Trinajstić information content (AvgIpc) is 2.36. The third kappa shape index (κ3) is 7.50.